The number of aromatic nitrogens is 2. The predicted octanol–water partition coefficient (Wildman–Crippen LogP) is 2.66. The third kappa shape index (κ3) is 5.06. The fourth-order valence-electron chi connectivity index (χ4n) is 2.39. The number of likely N-dealkylation sites (N-methyl/N-ethyl adjacent to an activating group) is 1. The largest absolute Gasteiger partial charge is 0.376 e. The van der Waals surface area contributed by atoms with Gasteiger partial charge in [-0.2, -0.15) is 5.10 Å². The van der Waals surface area contributed by atoms with Crippen LogP contribution in [0.4, 0.5) is 0 Å². The SMILES string of the molecule is CCOC(C(N)c1c(Br)cnn1CCN(C)C)C(C)(C)C. The summed E-state index contributed by atoms with van der Waals surface area (Å²) in [7, 11) is 4.10. The minimum Gasteiger partial charge on any atom is -0.376 e. The summed E-state index contributed by atoms with van der Waals surface area (Å²) in [6.45, 7) is 10.8. The Morgan fingerprint density at radius 2 is 2.05 bits per heavy atom. The quantitative estimate of drug-likeness (QED) is 0.811. The van der Waals surface area contributed by atoms with Crippen molar-refractivity contribution < 1.29 is 4.74 Å². The summed E-state index contributed by atoms with van der Waals surface area (Å²) in [4.78, 5) is 2.13. The van der Waals surface area contributed by atoms with Crippen LogP contribution in [0.1, 0.15) is 39.4 Å². The van der Waals surface area contributed by atoms with Crippen LogP contribution in [0.5, 0.6) is 0 Å². The molecular formula is C15H29BrN4O. The summed E-state index contributed by atoms with van der Waals surface area (Å²) in [5, 5.41) is 4.44. The molecule has 0 bridgehead atoms. The Morgan fingerprint density at radius 1 is 1.43 bits per heavy atom. The lowest BCUT2D eigenvalue weighted by Gasteiger charge is -2.35. The molecule has 0 aliphatic rings. The molecule has 122 valence electrons. The van der Waals surface area contributed by atoms with Gasteiger partial charge in [0, 0.05) is 13.2 Å². The average Bonchev–Trinajstić information content (AvgIpc) is 2.72. The van der Waals surface area contributed by atoms with E-state index < -0.39 is 0 Å². The van der Waals surface area contributed by atoms with Crippen molar-refractivity contribution in [2.45, 2.75) is 46.4 Å². The second kappa shape index (κ2) is 7.72. The highest BCUT2D eigenvalue weighted by atomic mass is 79.9. The molecule has 0 aromatic carbocycles. The van der Waals surface area contributed by atoms with E-state index in [4.69, 9.17) is 10.5 Å². The summed E-state index contributed by atoms with van der Waals surface area (Å²) in [6.07, 6.45) is 1.75. The van der Waals surface area contributed by atoms with Crippen LogP contribution in [0, 0.1) is 5.41 Å². The van der Waals surface area contributed by atoms with E-state index in [0.717, 1.165) is 23.3 Å². The molecule has 1 aromatic rings. The van der Waals surface area contributed by atoms with Crippen molar-refractivity contribution in [1.29, 1.82) is 0 Å². The first-order valence-corrected chi connectivity index (χ1v) is 8.20. The molecule has 6 heteroatoms. The maximum Gasteiger partial charge on any atom is 0.0831 e. The van der Waals surface area contributed by atoms with Crippen LogP contribution in [0.15, 0.2) is 10.7 Å². The zero-order valence-corrected chi connectivity index (χ0v) is 15.6. The normalized spacial score (nSPS) is 15.5. The van der Waals surface area contributed by atoms with Gasteiger partial charge in [0.1, 0.15) is 0 Å². The Bertz CT molecular complexity index is 439. The third-order valence-electron chi connectivity index (χ3n) is 3.43. The average molecular weight is 361 g/mol. The Kier molecular flexibility index (Phi) is 6.84. The van der Waals surface area contributed by atoms with Crippen LogP contribution in [-0.4, -0.2) is 48.0 Å². The summed E-state index contributed by atoms with van der Waals surface area (Å²) in [5.41, 5.74) is 7.50. The molecule has 0 spiro atoms. The van der Waals surface area contributed by atoms with E-state index in [1.165, 1.54) is 0 Å². The van der Waals surface area contributed by atoms with Gasteiger partial charge in [-0.05, 0) is 42.4 Å². The molecule has 0 saturated carbocycles. The highest BCUT2D eigenvalue weighted by molar-refractivity contribution is 9.10. The molecule has 0 aliphatic heterocycles. The fourth-order valence-corrected chi connectivity index (χ4v) is 2.95. The summed E-state index contributed by atoms with van der Waals surface area (Å²) < 4.78 is 8.86. The zero-order chi connectivity index (χ0) is 16.2. The Hall–Kier alpha value is -0.430. The zero-order valence-electron chi connectivity index (χ0n) is 14.1. The van der Waals surface area contributed by atoms with Crippen LogP contribution in [0.3, 0.4) is 0 Å². The van der Waals surface area contributed by atoms with Crippen LogP contribution in [0.2, 0.25) is 0 Å². The molecule has 0 amide bonds. The number of halogens is 1. The molecule has 2 unspecified atom stereocenters. The highest BCUT2D eigenvalue weighted by Crippen LogP contribution is 2.34. The molecule has 1 rings (SSSR count). The molecule has 0 saturated heterocycles. The van der Waals surface area contributed by atoms with Crippen molar-refractivity contribution in [3.05, 3.63) is 16.4 Å². The molecule has 5 nitrogen and oxygen atoms in total. The highest BCUT2D eigenvalue weighted by Gasteiger charge is 2.34. The Morgan fingerprint density at radius 3 is 2.52 bits per heavy atom. The van der Waals surface area contributed by atoms with Gasteiger partial charge in [0.2, 0.25) is 0 Å². The molecule has 0 fully saturated rings. The van der Waals surface area contributed by atoms with Gasteiger partial charge >= 0.3 is 0 Å². The van der Waals surface area contributed by atoms with Gasteiger partial charge in [0.25, 0.3) is 0 Å². The number of nitrogens with two attached hydrogens (primary N) is 1. The standard InChI is InChI=1S/C15H29BrN4O/c1-7-21-14(15(2,3)4)12(17)13-11(16)10-18-20(13)9-8-19(5)6/h10,12,14H,7-9,17H2,1-6H3. The molecule has 0 aliphatic carbocycles. The topological polar surface area (TPSA) is 56.3 Å². The lowest BCUT2D eigenvalue weighted by Crippen LogP contribution is -2.41. The van der Waals surface area contributed by atoms with E-state index in [0.29, 0.717) is 6.61 Å². The number of hydrogen-bond donors (Lipinski definition) is 1. The molecule has 0 radical (unpaired) electrons. The lowest BCUT2D eigenvalue weighted by molar-refractivity contribution is -0.0301. The van der Waals surface area contributed by atoms with Crippen molar-refractivity contribution in [2.75, 3.05) is 27.2 Å². The van der Waals surface area contributed by atoms with E-state index in [1.54, 1.807) is 0 Å². The molecule has 1 aromatic heterocycles. The minimum atomic E-state index is -0.219. The van der Waals surface area contributed by atoms with E-state index >= 15 is 0 Å². The van der Waals surface area contributed by atoms with Crippen molar-refractivity contribution in [3.63, 3.8) is 0 Å². The second-order valence-corrected chi connectivity index (χ2v) is 7.53. The van der Waals surface area contributed by atoms with Gasteiger partial charge < -0.3 is 15.4 Å². The monoisotopic (exact) mass is 360 g/mol. The van der Waals surface area contributed by atoms with Crippen molar-refractivity contribution in [1.82, 2.24) is 14.7 Å². The molecule has 1 heterocycles. The maximum absolute atomic E-state index is 6.53. The van der Waals surface area contributed by atoms with Gasteiger partial charge in [-0.15, -0.1) is 0 Å². The second-order valence-electron chi connectivity index (χ2n) is 6.67. The fraction of sp³-hybridized carbons (Fsp3) is 0.800. The summed E-state index contributed by atoms with van der Waals surface area (Å²) in [6, 6.07) is -0.219. The first-order chi connectivity index (χ1) is 9.68. The van der Waals surface area contributed by atoms with E-state index in [1.807, 2.05) is 17.8 Å². The van der Waals surface area contributed by atoms with Crippen LogP contribution in [0.25, 0.3) is 0 Å². The van der Waals surface area contributed by atoms with Gasteiger partial charge in [0.05, 0.1) is 35.1 Å². The van der Waals surface area contributed by atoms with Crippen LogP contribution < -0.4 is 5.73 Å². The Labute approximate surface area is 136 Å². The van der Waals surface area contributed by atoms with Gasteiger partial charge in [0.15, 0.2) is 0 Å². The van der Waals surface area contributed by atoms with E-state index in [-0.39, 0.29) is 17.6 Å². The number of nitrogens with zero attached hydrogens (tertiary/aromatic N) is 3. The number of rotatable bonds is 7. The van der Waals surface area contributed by atoms with Crippen LogP contribution in [-0.2, 0) is 11.3 Å². The van der Waals surface area contributed by atoms with E-state index in [9.17, 15) is 0 Å². The van der Waals surface area contributed by atoms with Gasteiger partial charge in [-0.1, -0.05) is 20.8 Å². The van der Waals surface area contributed by atoms with Crippen molar-refractivity contribution >= 4 is 15.9 Å². The third-order valence-corrected chi connectivity index (χ3v) is 4.04. The van der Waals surface area contributed by atoms with Crippen molar-refractivity contribution in [3.8, 4) is 0 Å². The predicted molar refractivity (Wildman–Crippen MR) is 90.3 cm³/mol. The van der Waals surface area contributed by atoms with Gasteiger partial charge in [-0.3, -0.25) is 4.68 Å². The lowest BCUT2D eigenvalue weighted by atomic mass is 9.83. The van der Waals surface area contributed by atoms with E-state index in [2.05, 4.69) is 60.8 Å². The smallest absolute Gasteiger partial charge is 0.0831 e. The first-order valence-electron chi connectivity index (χ1n) is 7.41. The van der Waals surface area contributed by atoms with Crippen molar-refractivity contribution in [2.24, 2.45) is 11.1 Å². The summed E-state index contributed by atoms with van der Waals surface area (Å²) in [5.74, 6) is 0. The van der Waals surface area contributed by atoms with Gasteiger partial charge in [-0.25, -0.2) is 0 Å². The number of ether oxygens (including phenoxy) is 1. The molecule has 21 heavy (non-hydrogen) atoms. The maximum atomic E-state index is 6.53. The Balaban J connectivity index is 3.04. The number of hydrogen-bond acceptors (Lipinski definition) is 4. The first kappa shape index (κ1) is 18.6. The summed E-state index contributed by atoms with van der Waals surface area (Å²) >= 11 is 3.58. The molecule has 2 N–H and O–H groups in total. The van der Waals surface area contributed by atoms with Crippen LogP contribution >= 0.6 is 15.9 Å². The molecule has 2 atom stereocenters. The minimum absolute atomic E-state index is 0.0362. The molecular weight excluding hydrogens is 332 g/mol.